The normalized spacial score (nSPS) is 32.5. The first-order valence-electron chi connectivity index (χ1n) is 7.61. The molecule has 6 nitrogen and oxygen atoms in total. The highest BCUT2D eigenvalue weighted by atomic mass is 16.5. The Bertz CT molecular complexity index is 442. The Balaban J connectivity index is 1.79. The maximum atomic E-state index is 6.07. The van der Waals surface area contributed by atoms with Crippen molar-refractivity contribution in [2.75, 3.05) is 32.7 Å². The highest BCUT2D eigenvalue weighted by Crippen LogP contribution is 2.30. The molecule has 0 radical (unpaired) electrons. The lowest BCUT2D eigenvalue weighted by molar-refractivity contribution is 0.00781. The molecule has 4 rings (SSSR count). The van der Waals surface area contributed by atoms with E-state index in [9.17, 15) is 0 Å². The SMILES string of the molecule is CC(C)C(c1nc(C2CN3CCN2CC3)no1)C(C)N. The van der Waals surface area contributed by atoms with Crippen molar-refractivity contribution in [1.29, 1.82) is 0 Å². The van der Waals surface area contributed by atoms with E-state index in [-0.39, 0.29) is 18.0 Å². The summed E-state index contributed by atoms with van der Waals surface area (Å²) in [6, 6.07) is 0.311. The predicted octanol–water partition coefficient (Wildman–Crippen LogP) is 0.829. The zero-order valence-corrected chi connectivity index (χ0v) is 12.6. The van der Waals surface area contributed by atoms with Crippen LogP contribution in [0.25, 0.3) is 0 Å². The molecule has 3 atom stereocenters. The molecule has 3 fully saturated rings. The second-order valence-electron chi connectivity index (χ2n) is 6.47. The van der Waals surface area contributed by atoms with Crippen molar-refractivity contribution >= 4 is 0 Å². The van der Waals surface area contributed by atoms with Gasteiger partial charge in [0.1, 0.15) is 0 Å². The molecule has 1 aromatic rings. The van der Waals surface area contributed by atoms with Crippen LogP contribution in [0.3, 0.4) is 0 Å². The Morgan fingerprint density at radius 3 is 2.40 bits per heavy atom. The van der Waals surface area contributed by atoms with E-state index in [1.807, 2.05) is 6.92 Å². The van der Waals surface area contributed by atoms with Crippen LogP contribution in [0.4, 0.5) is 0 Å². The van der Waals surface area contributed by atoms with Crippen LogP contribution in [0.2, 0.25) is 0 Å². The van der Waals surface area contributed by atoms with Gasteiger partial charge in [-0.1, -0.05) is 19.0 Å². The molecule has 3 saturated heterocycles. The summed E-state index contributed by atoms with van der Waals surface area (Å²) in [7, 11) is 0. The summed E-state index contributed by atoms with van der Waals surface area (Å²) in [5.41, 5.74) is 6.07. The Labute approximate surface area is 120 Å². The Kier molecular flexibility index (Phi) is 3.79. The Morgan fingerprint density at radius 1 is 1.20 bits per heavy atom. The third-order valence-corrected chi connectivity index (χ3v) is 4.60. The van der Waals surface area contributed by atoms with Gasteiger partial charge in [0.15, 0.2) is 5.82 Å². The van der Waals surface area contributed by atoms with Gasteiger partial charge < -0.3 is 10.3 Å². The second kappa shape index (κ2) is 5.42. The molecule has 2 N–H and O–H groups in total. The van der Waals surface area contributed by atoms with E-state index in [4.69, 9.17) is 10.3 Å². The molecule has 6 heteroatoms. The molecule has 0 amide bonds. The Hall–Kier alpha value is -0.980. The quantitative estimate of drug-likeness (QED) is 0.880. The van der Waals surface area contributed by atoms with Crippen molar-refractivity contribution in [3.8, 4) is 0 Å². The van der Waals surface area contributed by atoms with Gasteiger partial charge in [-0.3, -0.25) is 9.80 Å². The first kappa shape index (κ1) is 14.0. The van der Waals surface area contributed by atoms with Crippen molar-refractivity contribution < 1.29 is 4.52 Å². The fraction of sp³-hybridized carbons (Fsp3) is 0.857. The summed E-state index contributed by atoms with van der Waals surface area (Å²) in [6.07, 6.45) is 0. The number of nitrogens with zero attached hydrogens (tertiary/aromatic N) is 4. The smallest absolute Gasteiger partial charge is 0.231 e. The van der Waals surface area contributed by atoms with Crippen LogP contribution in [0.5, 0.6) is 0 Å². The van der Waals surface area contributed by atoms with Crippen LogP contribution in [-0.4, -0.2) is 58.7 Å². The molecule has 0 spiro atoms. The minimum absolute atomic E-state index is 0.0233. The maximum Gasteiger partial charge on any atom is 0.231 e. The first-order valence-corrected chi connectivity index (χ1v) is 7.61. The lowest BCUT2D eigenvalue weighted by Gasteiger charge is -2.46. The lowest BCUT2D eigenvalue weighted by Crippen LogP contribution is -2.57. The number of aromatic nitrogens is 2. The van der Waals surface area contributed by atoms with Crippen molar-refractivity contribution in [3.05, 3.63) is 11.7 Å². The largest absolute Gasteiger partial charge is 0.339 e. The van der Waals surface area contributed by atoms with Crippen molar-refractivity contribution in [1.82, 2.24) is 19.9 Å². The van der Waals surface area contributed by atoms with Gasteiger partial charge in [-0.15, -0.1) is 0 Å². The van der Waals surface area contributed by atoms with E-state index in [1.54, 1.807) is 0 Å². The van der Waals surface area contributed by atoms with Crippen molar-refractivity contribution in [2.45, 2.75) is 38.8 Å². The summed E-state index contributed by atoms with van der Waals surface area (Å²) in [5.74, 6) is 2.06. The van der Waals surface area contributed by atoms with Gasteiger partial charge in [0, 0.05) is 38.8 Å². The lowest BCUT2D eigenvalue weighted by atomic mass is 9.90. The molecule has 3 aliphatic rings. The third-order valence-electron chi connectivity index (χ3n) is 4.60. The number of hydrogen-bond donors (Lipinski definition) is 1. The number of piperazine rings is 3. The molecular formula is C14H25N5O. The van der Waals surface area contributed by atoms with Gasteiger partial charge in [-0.05, 0) is 12.8 Å². The van der Waals surface area contributed by atoms with Crippen LogP contribution in [0, 0.1) is 5.92 Å². The average molecular weight is 279 g/mol. The first-order chi connectivity index (χ1) is 9.56. The van der Waals surface area contributed by atoms with Gasteiger partial charge in [0.2, 0.25) is 5.89 Å². The molecule has 2 bridgehead atoms. The van der Waals surface area contributed by atoms with E-state index in [1.165, 1.54) is 0 Å². The molecule has 1 aromatic heterocycles. The fourth-order valence-electron chi connectivity index (χ4n) is 3.50. The summed E-state index contributed by atoms with van der Waals surface area (Å²) < 4.78 is 5.52. The molecule has 0 aromatic carbocycles. The molecule has 20 heavy (non-hydrogen) atoms. The zero-order chi connectivity index (χ0) is 14.3. The van der Waals surface area contributed by atoms with Crippen LogP contribution in [0.15, 0.2) is 4.52 Å². The molecule has 0 aliphatic carbocycles. The second-order valence-corrected chi connectivity index (χ2v) is 6.47. The molecule has 3 aliphatic heterocycles. The minimum atomic E-state index is 0.0233. The van der Waals surface area contributed by atoms with Crippen molar-refractivity contribution in [3.63, 3.8) is 0 Å². The topological polar surface area (TPSA) is 71.4 Å². The van der Waals surface area contributed by atoms with E-state index in [0.29, 0.717) is 11.8 Å². The maximum absolute atomic E-state index is 6.07. The number of hydrogen-bond acceptors (Lipinski definition) is 6. The van der Waals surface area contributed by atoms with E-state index in [2.05, 4.69) is 33.8 Å². The highest BCUT2D eigenvalue weighted by molar-refractivity contribution is 5.05. The van der Waals surface area contributed by atoms with Crippen molar-refractivity contribution in [2.24, 2.45) is 11.7 Å². The monoisotopic (exact) mass is 279 g/mol. The Morgan fingerprint density at radius 2 is 1.90 bits per heavy atom. The zero-order valence-electron chi connectivity index (χ0n) is 12.6. The van der Waals surface area contributed by atoms with Crippen LogP contribution >= 0.6 is 0 Å². The predicted molar refractivity (Wildman–Crippen MR) is 76.3 cm³/mol. The van der Waals surface area contributed by atoms with E-state index in [0.717, 1.165) is 38.5 Å². The molecule has 112 valence electrons. The van der Waals surface area contributed by atoms with Gasteiger partial charge in [-0.25, -0.2) is 0 Å². The fourth-order valence-corrected chi connectivity index (χ4v) is 3.50. The van der Waals surface area contributed by atoms with Gasteiger partial charge in [0.05, 0.1) is 12.0 Å². The number of rotatable bonds is 4. The summed E-state index contributed by atoms with van der Waals surface area (Å²) in [6.45, 7) is 11.9. The number of nitrogens with two attached hydrogens (primary N) is 1. The molecular weight excluding hydrogens is 254 g/mol. The van der Waals surface area contributed by atoms with Crippen LogP contribution in [0.1, 0.15) is 44.4 Å². The summed E-state index contributed by atoms with van der Waals surface area (Å²) in [4.78, 5) is 9.61. The molecule has 0 saturated carbocycles. The molecule has 4 heterocycles. The van der Waals surface area contributed by atoms with E-state index < -0.39 is 0 Å². The van der Waals surface area contributed by atoms with Gasteiger partial charge in [-0.2, -0.15) is 4.98 Å². The standard InChI is InChI=1S/C14H25N5O/c1-9(2)12(10(3)15)14-16-13(17-20-14)11-8-18-4-6-19(11)7-5-18/h9-12H,4-8,15H2,1-3H3. The van der Waals surface area contributed by atoms with E-state index >= 15 is 0 Å². The van der Waals surface area contributed by atoms with Crippen LogP contribution < -0.4 is 5.73 Å². The molecule has 3 unspecified atom stereocenters. The van der Waals surface area contributed by atoms with Gasteiger partial charge in [0.25, 0.3) is 0 Å². The summed E-state index contributed by atoms with van der Waals surface area (Å²) >= 11 is 0. The number of fused-ring (bicyclic) bond motifs is 3. The van der Waals surface area contributed by atoms with Gasteiger partial charge >= 0.3 is 0 Å². The highest BCUT2D eigenvalue weighted by Gasteiger charge is 2.36. The third kappa shape index (κ3) is 2.47. The average Bonchev–Trinajstić information content (AvgIpc) is 2.88. The summed E-state index contributed by atoms with van der Waals surface area (Å²) in [5, 5.41) is 4.23. The van der Waals surface area contributed by atoms with Crippen LogP contribution in [-0.2, 0) is 0 Å². The minimum Gasteiger partial charge on any atom is -0.339 e.